The number of fused-ring (bicyclic) bond motifs is 1. The molecule has 1 spiro atoms. The molecular formula is C20H26N4O4S. The average molecular weight is 419 g/mol. The second-order valence-corrected chi connectivity index (χ2v) is 10.0. The Morgan fingerprint density at radius 1 is 0.931 bits per heavy atom. The van der Waals surface area contributed by atoms with Crippen molar-refractivity contribution in [2.24, 2.45) is 19.5 Å². The number of aromatic nitrogens is 2. The summed E-state index contributed by atoms with van der Waals surface area (Å²) in [5.74, 6) is 0.0975. The van der Waals surface area contributed by atoms with E-state index in [1.54, 1.807) is 44.2 Å². The summed E-state index contributed by atoms with van der Waals surface area (Å²) in [6, 6.07) is 4.78. The quantitative estimate of drug-likeness (QED) is 0.683. The Hall–Kier alpha value is -2.39. The normalized spacial score (nSPS) is 20.5. The molecule has 9 heteroatoms. The molecule has 0 N–H and O–H groups in total. The molecule has 29 heavy (non-hydrogen) atoms. The molecule has 1 aromatic heterocycles. The van der Waals surface area contributed by atoms with E-state index in [-0.39, 0.29) is 16.5 Å². The molecule has 0 saturated carbocycles. The third-order valence-electron chi connectivity index (χ3n) is 6.42. The van der Waals surface area contributed by atoms with Crippen LogP contribution in [0.2, 0.25) is 0 Å². The van der Waals surface area contributed by atoms with Gasteiger partial charge in [0.1, 0.15) is 0 Å². The Morgan fingerprint density at radius 3 is 2.28 bits per heavy atom. The topological polar surface area (TPSA) is 84.6 Å². The molecule has 0 bridgehead atoms. The number of imidazole rings is 1. The fourth-order valence-corrected chi connectivity index (χ4v) is 5.95. The molecule has 1 aromatic carbocycles. The summed E-state index contributed by atoms with van der Waals surface area (Å²) in [5.41, 5.74) is 0.560. The number of piperidine rings is 1. The molecule has 2 aliphatic heterocycles. The Kier molecular flexibility index (Phi) is 4.70. The van der Waals surface area contributed by atoms with Crippen LogP contribution in [0.4, 0.5) is 0 Å². The van der Waals surface area contributed by atoms with Gasteiger partial charge in [0, 0.05) is 40.8 Å². The van der Waals surface area contributed by atoms with Crippen molar-refractivity contribution in [1.82, 2.24) is 18.3 Å². The van der Waals surface area contributed by atoms with Gasteiger partial charge in [-0.05, 0) is 37.5 Å². The second-order valence-electron chi connectivity index (χ2n) is 8.10. The van der Waals surface area contributed by atoms with Crippen molar-refractivity contribution in [3.05, 3.63) is 40.8 Å². The van der Waals surface area contributed by atoms with Crippen molar-refractivity contribution in [3.8, 4) is 0 Å². The third kappa shape index (κ3) is 3.03. The van der Waals surface area contributed by atoms with Crippen LogP contribution in [0, 0.1) is 5.41 Å². The lowest BCUT2D eigenvalue weighted by Gasteiger charge is -2.40. The van der Waals surface area contributed by atoms with E-state index in [4.69, 9.17) is 0 Å². The fourth-order valence-electron chi connectivity index (χ4n) is 4.49. The minimum atomic E-state index is -3.70. The number of allylic oxidation sites excluding steroid dienone is 1. The maximum absolute atomic E-state index is 13.2. The monoisotopic (exact) mass is 418 g/mol. The molecule has 2 aliphatic rings. The zero-order valence-corrected chi connectivity index (χ0v) is 17.8. The predicted octanol–water partition coefficient (Wildman–Crippen LogP) is 1.07. The first kappa shape index (κ1) is 19.9. The molecular weight excluding hydrogens is 392 g/mol. The van der Waals surface area contributed by atoms with Crippen LogP contribution in [0.3, 0.4) is 0 Å². The largest absolute Gasteiger partial charge is 0.342 e. The maximum atomic E-state index is 13.2. The Balaban J connectivity index is 1.62. The highest BCUT2D eigenvalue weighted by molar-refractivity contribution is 7.89. The smallest absolute Gasteiger partial charge is 0.328 e. The SMILES string of the molecule is CN1CC=CCC2(CCN(S(=O)(=O)c3ccc4c(c3)n(C)c(=O)n4C)CC2)C1=O. The van der Waals surface area contributed by atoms with Crippen molar-refractivity contribution in [3.63, 3.8) is 0 Å². The Morgan fingerprint density at radius 2 is 1.59 bits per heavy atom. The van der Waals surface area contributed by atoms with E-state index in [2.05, 4.69) is 0 Å². The van der Waals surface area contributed by atoms with Crippen LogP contribution in [0.5, 0.6) is 0 Å². The highest BCUT2D eigenvalue weighted by atomic mass is 32.2. The molecule has 0 radical (unpaired) electrons. The van der Waals surface area contributed by atoms with Crippen LogP contribution in [0.1, 0.15) is 19.3 Å². The van der Waals surface area contributed by atoms with Crippen molar-refractivity contribution in [2.75, 3.05) is 26.7 Å². The summed E-state index contributed by atoms with van der Waals surface area (Å²) < 4.78 is 30.9. The number of carbonyl (C=O) groups excluding carboxylic acids is 1. The van der Waals surface area contributed by atoms with E-state index >= 15 is 0 Å². The lowest BCUT2D eigenvalue weighted by Crippen LogP contribution is -2.49. The number of nitrogens with zero attached hydrogens (tertiary/aromatic N) is 4. The highest BCUT2D eigenvalue weighted by Gasteiger charge is 2.44. The van der Waals surface area contributed by atoms with Crippen molar-refractivity contribution in [1.29, 1.82) is 0 Å². The summed E-state index contributed by atoms with van der Waals surface area (Å²) >= 11 is 0. The molecule has 3 heterocycles. The number of benzene rings is 1. The zero-order chi connectivity index (χ0) is 21.0. The molecule has 1 amide bonds. The molecule has 8 nitrogen and oxygen atoms in total. The van der Waals surface area contributed by atoms with Crippen molar-refractivity contribution >= 4 is 27.0 Å². The zero-order valence-electron chi connectivity index (χ0n) is 17.0. The number of amides is 1. The first-order valence-electron chi connectivity index (χ1n) is 9.74. The van der Waals surface area contributed by atoms with Gasteiger partial charge in [-0.25, -0.2) is 13.2 Å². The van der Waals surface area contributed by atoms with Gasteiger partial charge in [0.15, 0.2) is 0 Å². The van der Waals surface area contributed by atoms with Crippen LogP contribution in [0.25, 0.3) is 11.0 Å². The first-order chi connectivity index (χ1) is 13.7. The first-order valence-corrected chi connectivity index (χ1v) is 11.2. The molecule has 0 atom stereocenters. The Bertz CT molecular complexity index is 1170. The third-order valence-corrected chi connectivity index (χ3v) is 8.31. The van der Waals surface area contributed by atoms with Crippen molar-refractivity contribution in [2.45, 2.75) is 24.2 Å². The number of carbonyl (C=O) groups is 1. The number of aryl methyl sites for hydroxylation is 2. The summed E-state index contributed by atoms with van der Waals surface area (Å²) in [6.45, 7) is 1.21. The predicted molar refractivity (Wildman–Crippen MR) is 110 cm³/mol. The van der Waals surface area contributed by atoms with Gasteiger partial charge < -0.3 is 4.90 Å². The van der Waals surface area contributed by atoms with Gasteiger partial charge in [-0.1, -0.05) is 12.2 Å². The Labute approximate surface area is 170 Å². The van der Waals surface area contributed by atoms with E-state index in [0.717, 1.165) is 0 Å². The number of sulfonamides is 1. The van der Waals surface area contributed by atoms with E-state index in [1.165, 1.54) is 13.4 Å². The van der Waals surface area contributed by atoms with Gasteiger partial charge in [-0.3, -0.25) is 13.9 Å². The van der Waals surface area contributed by atoms with Gasteiger partial charge in [-0.2, -0.15) is 4.31 Å². The summed E-state index contributed by atoms with van der Waals surface area (Å²) in [7, 11) is 1.39. The van der Waals surface area contributed by atoms with E-state index < -0.39 is 15.4 Å². The molecule has 2 aromatic rings. The summed E-state index contributed by atoms with van der Waals surface area (Å²) in [5, 5.41) is 0. The average Bonchev–Trinajstić information content (AvgIpc) is 2.85. The molecule has 0 unspecified atom stereocenters. The highest BCUT2D eigenvalue weighted by Crippen LogP contribution is 2.39. The maximum Gasteiger partial charge on any atom is 0.328 e. The van der Waals surface area contributed by atoms with Crippen LogP contribution in [0.15, 0.2) is 40.0 Å². The van der Waals surface area contributed by atoms with Gasteiger partial charge in [0.05, 0.1) is 21.3 Å². The number of likely N-dealkylation sites (N-methyl/N-ethyl adjacent to an activating group) is 1. The lowest BCUT2D eigenvalue weighted by molar-refractivity contribution is -0.142. The van der Waals surface area contributed by atoms with Gasteiger partial charge in [0.2, 0.25) is 15.9 Å². The number of hydrogen-bond donors (Lipinski definition) is 0. The van der Waals surface area contributed by atoms with E-state index in [0.29, 0.717) is 49.9 Å². The lowest BCUT2D eigenvalue weighted by atomic mass is 9.75. The molecule has 4 rings (SSSR count). The second kappa shape index (κ2) is 6.84. The van der Waals surface area contributed by atoms with E-state index in [9.17, 15) is 18.0 Å². The number of hydrogen-bond acceptors (Lipinski definition) is 4. The minimum Gasteiger partial charge on any atom is -0.342 e. The minimum absolute atomic E-state index is 0.0975. The van der Waals surface area contributed by atoms with Crippen LogP contribution in [-0.4, -0.2) is 59.3 Å². The van der Waals surface area contributed by atoms with Crippen LogP contribution >= 0.6 is 0 Å². The van der Waals surface area contributed by atoms with E-state index in [1.807, 2.05) is 12.2 Å². The van der Waals surface area contributed by atoms with Crippen molar-refractivity contribution < 1.29 is 13.2 Å². The van der Waals surface area contributed by atoms with Gasteiger partial charge in [-0.15, -0.1) is 0 Å². The van der Waals surface area contributed by atoms with Crippen LogP contribution in [-0.2, 0) is 28.9 Å². The fraction of sp³-hybridized carbons (Fsp3) is 0.500. The molecule has 0 aliphatic carbocycles. The number of rotatable bonds is 2. The molecule has 156 valence electrons. The molecule has 1 saturated heterocycles. The summed E-state index contributed by atoms with van der Waals surface area (Å²) in [4.78, 5) is 26.9. The summed E-state index contributed by atoms with van der Waals surface area (Å²) in [6.07, 6.45) is 5.70. The van der Waals surface area contributed by atoms with Crippen LogP contribution < -0.4 is 5.69 Å². The molecule has 1 fully saturated rings. The standard InChI is InChI=1S/C20H26N4O4S/c1-21-11-5-4-8-20(18(21)25)9-12-24(13-10-20)29(27,28)15-6-7-16-17(14-15)23(3)19(26)22(16)2/h4-7,14H,8-13H2,1-3H3. The van der Waals surface area contributed by atoms with Gasteiger partial charge in [0.25, 0.3) is 0 Å². The van der Waals surface area contributed by atoms with Gasteiger partial charge >= 0.3 is 5.69 Å².